The fourth-order valence-corrected chi connectivity index (χ4v) is 3.20. The van der Waals surface area contributed by atoms with Crippen molar-refractivity contribution in [2.24, 2.45) is 0 Å². The van der Waals surface area contributed by atoms with Crippen molar-refractivity contribution in [3.8, 4) is 11.4 Å². The summed E-state index contributed by atoms with van der Waals surface area (Å²) < 4.78 is 7.31. The molecule has 0 aliphatic heterocycles. The Kier molecular flexibility index (Phi) is 4.71. The van der Waals surface area contributed by atoms with Crippen LogP contribution in [0.4, 0.5) is 0 Å². The Hall–Kier alpha value is -3.40. The highest BCUT2D eigenvalue weighted by molar-refractivity contribution is 5.94. The zero-order valence-electron chi connectivity index (χ0n) is 15.1. The molecule has 0 amide bonds. The van der Waals surface area contributed by atoms with Crippen molar-refractivity contribution in [2.45, 2.75) is 13.5 Å². The Labute approximate surface area is 158 Å². The number of esters is 1. The Morgan fingerprint density at radius 1 is 0.963 bits per heavy atom. The lowest BCUT2D eigenvalue weighted by Gasteiger charge is -2.10. The fraction of sp³-hybridized carbons (Fsp3) is 0.130. The standard InChI is InChI=1S/C23H20N2O2/c1-2-27-23(26)19-13-14-20-21(15-19)25(16-17-9-5-3-6-10-17)22(24-20)18-11-7-4-8-12-18/h3-15H,2,16H2,1H3. The second-order valence-electron chi connectivity index (χ2n) is 6.30. The molecule has 0 saturated heterocycles. The van der Waals surface area contributed by atoms with Crippen molar-refractivity contribution >= 4 is 17.0 Å². The van der Waals surface area contributed by atoms with Gasteiger partial charge in [0.2, 0.25) is 0 Å². The molecule has 27 heavy (non-hydrogen) atoms. The number of aromatic nitrogens is 2. The van der Waals surface area contributed by atoms with Crippen LogP contribution in [0.25, 0.3) is 22.4 Å². The lowest BCUT2D eigenvalue weighted by atomic mass is 10.1. The van der Waals surface area contributed by atoms with E-state index in [9.17, 15) is 4.79 Å². The number of benzene rings is 3. The summed E-state index contributed by atoms with van der Waals surface area (Å²) >= 11 is 0. The lowest BCUT2D eigenvalue weighted by Crippen LogP contribution is -2.06. The van der Waals surface area contributed by atoms with E-state index in [1.54, 1.807) is 6.07 Å². The molecule has 3 aromatic carbocycles. The zero-order valence-corrected chi connectivity index (χ0v) is 15.1. The van der Waals surface area contributed by atoms with Gasteiger partial charge >= 0.3 is 5.97 Å². The number of imidazole rings is 1. The smallest absolute Gasteiger partial charge is 0.338 e. The van der Waals surface area contributed by atoms with Crippen molar-refractivity contribution < 1.29 is 9.53 Å². The van der Waals surface area contributed by atoms with Crippen LogP contribution in [0.1, 0.15) is 22.8 Å². The summed E-state index contributed by atoms with van der Waals surface area (Å²) in [4.78, 5) is 17.0. The highest BCUT2D eigenvalue weighted by Crippen LogP contribution is 2.27. The molecule has 1 heterocycles. The zero-order chi connectivity index (χ0) is 18.6. The van der Waals surface area contributed by atoms with Gasteiger partial charge in [0, 0.05) is 12.1 Å². The summed E-state index contributed by atoms with van der Waals surface area (Å²) in [5.74, 6) is 0.573. The maximum atomic E-state index is 12.2. The first-order chi connectivity index (χ1) is 13.3. The molecule has 0 radical (unpaired) electrons. The number of hydrogen-bond acceptors (Lipinski definition) is 3. The molecule has 0 aliphatic carbocycles. The summed E-state index contributed by atoms with van der Waals surface area (Å²) in [6, 6.07) is 25.9. The van der Waals surface area contributed by atoms with Gasteiger partial charge < -0.3 is 9.30 Å². The molecule has 134 valence electrons. The average molecular weight is 356 g/mol. The molecule has 4 rings (SSSR count). The molecule has 1 aromatic heterocycles. The molecular weight excluding hydrogens is 336 g/mol. The van der Waals surface area contributed by atoms with Crippen molar-refractivity contribution in [1.29, 1.82) is 0 Å². The van der Waals surface area contributed by atoms with Crippen LogP contribution in [0.15, 0.2) is 78.9 Å². The maximum Gasteiger partial charge on any atom is 0.338 e. The molecule has 0 N–H and O–H groups in total. The number of hydrogen-bond donors (Lipinski definition) is 0. The number of rotatable bonds is 5. The predicted octanol–water partition coefficient (Wildman–Crippen LogP) is 4.93. The third-order valence-corrected chi connectivity index (χ3v) is 4.47. The first-order valence-electron chi connectivity index (χ1n) is 9.03. The fourth-order valence-electron chi connectivity index (χ4n) is 3.20. The van der Waals surface area contributed by atoms with E-state index < -0.39 is 0 Å². The second kappa shape index (κ2) is 7.46. The van der Waals surface area contributed by atoms with Crippen LogP contribution in [0.2, 0.25) is 0 Å². The molecule has 0 bridgehead atoms. The summed E-state index contributed by atoms with van der Waals surface area (Å²) in [5.41, 5.74) is 4.54. The van der Waals surface area contributed by atoms with Crippen molar-refractivity contribution in [2.75, 3.05) is 6.61 Å². The SMILES string of the molecule is CCOC(=O)c1ccc2nc(-c3ccccc3)n(Cc3ccccc3)c2c1. The van der Waals surface area contributed by atoms with Gasteiger partial charge in [0.05, 0.1) is 23.2 Å². The van der Waals surface area contributed by atoms with Crippen LogP contribution in [0.3, 0.4) is 0 Å². The second-order valence-corrected chi connectivity index (χ2v) is 6.30. The average Bonchev–Trinajstić information content (AvgIpc) is 3.07. The van der Waals surface area contributed by atoms with Gasteiger partial charge in [0.25, 0.3) is 0 Å². The molecule has 0 atom stereocenters. The van der Waals surface area contributed by atoms with E-state index in [1.165, 1.54) is 5.56 Å². The Balaban J connectivity index is 1.88. The normalized spacial score (nSPS) is 10.9. The third-order valence-electron chi connectivity index (χ3n) is 4.47. The summed E-state index contributed by atoms with van der Waals surface area (Å²) in [7, 11) is 0. The van der Waals surface area contributed by atoms with Gasteiger partial charge in [0.1, 0.15) is 5.82 Å². The molecule has 4 aromatic rings. The number of nitrogens with zero attached hydrogens (tertiary/aromatic N) is 2. The monoisotopic (exact) mass is 356 g/mol. The largest absolute Gasteiger partial charge is 0.462 e. The molecular formula is C23H20N2O2. The number of carbonyl (C=O) groups is 1. The van der Waals surface area contributed by atoms with Crippen LogP contribution in [0.5, 0.6) is 0 Å². The molecule has 0 spiro atoms. The summed E-state index contributed by atoms with van der Waals surface area (Å²) in [5, 5.41) is 0. The Morgan fingerprint density at radius 3 is 2.37 bits per heavy atom. The molecule has 0 saturated carbocycles. The first-order valence-corrected chi connectivity index (χ1v) is 9.03. The van der Waals surface area contributed by atoms with Crippen molar-refractivity contribution in [1.82, 2.24) is 9.55 Å². The highest BCUT2D eigenvalue weighted by Gasteiger charge is 2.15. The minimum atomic E-state index is -0.312. The molecule has 4 nitrogen and oxygen atoms in total. The van der Waals surface area contributed by atoms with Crippen LogP contribution in [0, 0.1) is 0 Å². The quantitative estimate of drug-likeness (QED) is 0.476. The number of fused-ring (bicyclic) bond motifs is 1. The first kappa shape index (κ1) is 17.0. The van der Waals surface area contributed by atoms with E-state index in [2.05, 4.69) is 28.8 Å². The summed E-state index contributed by atoms with van der Waals surface area (Å²) in [6.45, 7) is 2.84. The van der Waals surface area contributed by atoms with Gasteiger partial charge in [-0.15, -0.1) is 0 Å². The van der Waals surface area contributed by atoms with E-state index in [0.29, 0.717) is 18.7 Å². The predicted molar refractivity (Wildman–Crippen MR) is 107 cm³/mol. The van der Waals surface area contributed by atoms with Crippen LogP contribution < -0.4 is 0 Å². The molecule has 4 heteroatoms. The van der Waals surface area contributed by atoms with E-state index in [4.69, 9.17) is 9.72 Å². The van der Waals surface area contributed by atoms with E-state index in [1.807, 2.05) is 55.5 Å². The van der Waals surface area contributed by atoms with Crippen molar-refractivity contribution in [3.63, 3.8) is 0 Å². The Bertz CT molecular complexity index is 1070. The van der Waals surface area contributed by atoms with Gasteiger partial charge in [-0.25, -0.2) is 9.78 Å². The topological polar surface area (TPSA) is 44.1 Å². The van der Waals surface area contributed by atoms with Gasteiger partial charge in [-0.1, -0.05) is 60.7 Å². The highest BCUT2D eigenvalue weighted by atomic mass is 16.5. The van der Waals surface area contributed by atoms with Crippen LogP contribution >= 0.6 is 0 Å². The van der Waals surface area contributed by atoms with E-state index in [-0.39, 0.29) is 5.97 Å². The van der Waals surface area contributed by atoms with Crippen LogP contribution in [-0.4, -0.2) is 22.1 Å². The number of carbonyl (C=O) groups excluding carboxylic acids is 1. The van der Waals surface area contributed by atoms with E-state index >= 15 is 0 Å². The molecule has 0 unspecified atom stereocenters. The molecule has 0 aliphatic rings. The maximum absolute atomic E-state index is 12.2. The van der Waals surface area contributed by atoms with E-state index in [0.717, 1.165) is 22.4 Å². The summed E-state index contributed by atoms with van der Waals surface area (Å²) in [6.07, 6.45) is 0. The van der Waals surface area contributed by atoms with Gasteiger partial charge in [-0.05, 0) is 30.7 Å². The van der Waals surface area contributed by atoms with Gasteiger partial charge in [0.15, 0.2) is 0 Å². The third kappa shape index (κ3) is 3.47. The minimum absolute atomic E-state index is 0.312. The van der Waals surface area contributed by atoms with Crippen LogP contribution in [-0.2, 0) is 11.3 Å². The lowest BCUT2D eigenvalue weighted by molar-refractivity contribution is 0.0526. The van der Waals surface area contributed by atoms with Crippen molar-refractivity contribution in [3.05, 3.63) is 90.0 Å². The van der Waals surface area contributed by atoms with Gasteiger partial charge in [-0.2, -0.15) is 0 Å². The minimum Gasteiger partial charge on any atom is -0.462 e. The number of ether oxygens (including phenoxy) is 1. The Morgan fingerprint density at radius 2 is 1.67 bits per heavy atom. The molecule has 0 fully saturated rings. The van der Waals surface area contributed by atoms with Gasteiger partial charge in [-0.3, -0.25) is 0 Å².